The lowest BCUT2D eigenvalue weighted by molar-refractivity contribution is -0.468. The first-order valence-electron chi connectivity index (χ1n) is 9.19. The summed E-state index contributed by atoms with van der Waals surface area (Å²) in [4.78, 5) is 1.83. The Hall–Kier alpha value is -1.10. The van der Waals surface area contributed by atoms with Crippen molar-refractivity contribution in [3.63, 3.8) is 0 Å². The first-order valence-corrected chi connectivity index (χ1v) is 12.0. The largest absolute Gasteiger partial charge is 1.00 e. The van der Waals surface area contributed by atoms with E-state index >= 15 is 0 Å². The van der Waals surface area contributed by atoms with Gasteiger partial charge in [0.15, 0.2) is 0 Å². The molecule has 2 N–H and O–H groups in total. The molecule has 0 aromatic heterocycles. The number of benzene rings is 2. The van der Waals surface area contributed by atoms with E-state index in [-0.39, 0.29) is 33.4 Å². The van der Waals surface area contributed by atoms with Crippen LogP contribution in [0.5, 0.6) is 0 Å². The average Bonchev–Trinajstić information content (AvgIpc) is 3.05. The van der Waals surface area contributed by atoms with Crippen molar-refractivity contribution in [2.24, 2.45) is 0 Å². The molecule has 6 nitrogen and oxygen atoms in total. The monoisotopic (exact) mass is 533 g/mol. The summed E-state index contributed by atoms with van der Waals surface area (Å²) in [5.41, 5.74) is 0.0255. The summed E-state index contributed by atoms with van der Waals surface area (Å²) in [6, 6.07) is 13.9. The zero-order chi connectivity index (χ0) is 21.2. The minimum atomic E-state index is -3.86. The zero-order valence-corrected chi connectivity index (χ0v) is 20.9. The fourth-order valence-corrected chi connectivity index (χ4v) is 6.18. The van der Waals surface area contributed by atoms with Crippen LogP contribution in [0.4, 0.5) is 0 Å². The lowest BCUT2D eigenvalue weighted by Crippen LogP contribution is -3.00. The molecule has 0 aliphatic carbocycles. The average molecular weight is 535 g/mol. The van der Waals surface area contributed by atoms with E-state index in [1.54, 1.807) is 6.07 Å². The fourth-order valence-electron chi connectivity index (χ4n) is 3.30. The van der Waals surface area contributed by atoms with Gasteiger partial charge in [0.1, 0.15) is 4.90 Å². The van der Waals surface area contributed by atoms with E-state index in [2.05, 4.69) is 4.72 Å². The summed E-state index contributed by atoms with van der Waals surface area (Å²) in [6.45, 7) is 2.69. The van der Waals surface area contributed by atoms with Crippen molar-refractivity contribution in [1.82, 2.24) is 9.62 Å². The Kier molecular flexibility index (Phi) is 8.40. The van der Waals surface area contributed by atoms with E-state index in [1.165, 1.54) is 23.9 Å². The number of hydrogen-bond donors (Lipinski definition) is 2. The van der Waals surface area contributed by atoms with Crippen molar-refractivity contribution in [2.45, 2.75) is 24.1 Å². The van der Waals surface area contributed by atoms with Gasteiger partial charge >= 0.3 is 5.17 Å². The molecule has 1 heterocycles. The second-order valence-electron chi connectivity index (χ2n) is 6.98. The summed E-state index contributed by atoms with van der Waals surface area (Å²) in [5, 5.41) is 12.5. The summed E-state index contributed by atoms with van der Waals surface area (Å²) >= 11 is 7.76. The highest BCUT2D eigenvalue weighted by Gasteiger charge is 2.51. The summed E-state index contributed by atoms with van der Waals surface area (Å²) in [5.74, 6) is 0.396. The molecule has 2 aromatic carbocycles. The lowest BCUT2D eigenvalue weighted by Gasteiger charge is -2.28. The van der Waals surface area contributed by atoms with Crippen molar-refractivity contribution in [3.8, 4) is 0 Å². The Morgan fingerprint density at radius 2 is 1.90 bits per heavy atom. The van der Waals surface area contributed by atoms with Crippen LogP contribution in [0, 0.1) is 0 Å². The van der Waals surface area contributed by atoms with E-state index in [9.17, 15) is 13.5 Å². The maximum Gasteiger partial charge on any atom is 0.310 e. The van der Waals surface area contributed by atoms with Gasteiger partial charge in [0, 0.05) is 12.1 Å². The van der Waals surface area contributed by atoms with Crippen molar-refractivity contribution < 1.29 is 35.1 Å². The molecule has 1 saturated heterocycles. The lowest BCUT2D eigenvalue weighted by atomic mass is 10.0. The number of halogens is 2. The minimum absolute atomic E-state index is 0. The van der Waals surface area contributed by atoms with Crippen LogP contribution in [0.15, 0.2) is 53.4 Å². The molecule has 1 aliphatic rings. The van der Waals surface area contributed by atoms with Crippen molar-refractivity contribution in [1.29, 1.82) is 0 Å². The first kappa shape index (κ1) is 25.2. The van der Waals surface area contributed by atoms with Crippen LogP contribution in [0.1, 0.15) is 18.1 Å². The number of nitrogens with one attached hydrogen (secondary N) is 1. The molecular weight excluding hydrogens is 510 g/mol. The first-order chi connectivity index (χ1) is 13.7. The summed E-state index contributed by atoms with van der Waals surface area (Å²) in [6.07, 6.45) is 0. The Morgan fingerprint density at radius 3 is 2.50 bits per heavy atom. The van der Waals surface area contributed by atoms with Gasteiger partial charge in [-0.25, -0.2) is 18.0 Å². The Bertz CT molecular complexity index is 1030. The topological polar surface area (TPSA) is 72.6 Å². The molecule has 164 valence electrons. The van der Waals surface area contributed by atoms with Gasteiger partial charge < -0.3 is 22.1 Å². The van der Waals surface area contributed by atoms with Crippen LogP contribution in [-0.4, -0.2) is 54.6 Å². The van der Waals surface area contributed by atoms with E-state index < -0.39 is 15.7 Å². The van der Waals surface area contributed by atoms with Crippen LogP contribution < -0.4 is 21.7 Å². The van der Waals surface area contributed by atoms with E-state index in [1.807, 2.05) is 60.8 Å². The number of rotatable bonds is 6. The molecule has 30 heavy (non-hydrogen) atoms. The number of hydrogen-bond acceptors (Lipinski definition) is 4. The predicted molar refractivity (Wildman–Crippen MR) is 118 cm³/mol. The summed E-state index contributed by atoms with van der Waals surface area (Å²) in [7, 11) is -0.0203. The van der Waals surface area contributed by atoms with Crippen LogP contribution in [0.2, 0.25) is 5.02 Å². The molecule has 1 unspecified atom stereocenters. The van der Waals surface area contributed by atoms with E-state index in [0.717, 1.165) is 10.7 Å². The van der Waals surface area contributed by atoms with Gasteiger partial charge in [-0.15, -0.1) is 0 Å². The molecule has 1 fully saturated rings. The zero-order valence-electron chi connectivity index (χ0n) is 17.0. The van der Waals surface area contributed by atoms with Crippen LogP contribution in [0.25, 0.3) is 0 Å². The molecule has 0 spiro atoms. The van der Waals surface area contributed by atoms with Gasteiger partial charge in [-0.3, -0.25) is 4.58 Å². The number of nitrogens with zero attached hydrogens (tertiary/aromatic N) is 2. The number of thioether (sulfide) groups is 1. The fraction of sp³-hybridized carbons (Fsp3) is 0.350. The third kappa shape index (κ3) is 5.03. The highest BCUT2D eigenvalue weighted by Crippen LogP contribution is 2.40. The molecule has 2 aromatic rings. The molecule has 0 radical (unpaired) electrons. The molecule has 1 atom stereocenters. The Labute approximate surface area is 197 Å². The van der Waals surface area contributed by atoms with Gasteiger partial charge in [-0.2, -0.15) is 0 Å². The van der Waals surface area contributed by atoms with Crippen LogP contribution in [0.3, 0.4) is 0 Å². The molecule has 0 saturated carbocycles. The molecule has 0 amide bonds. The van der Waals surface area contributed by atoms with Crippen LogP contribution in [-0.2, 0) is 22.3 Å². The SMILES string of the molecule is CCN1C(=[N+](C)C)SCC1(O)c1ccc(Cl)c(S(=O)(=O)NCc2ccccc2)c1.[Br-]. The third-order valence-corrected chi connectivity index (χ3v) is 8.04. The number of amidine groups is 1. The number of aliphatic hydroxyl groups is 1. The highest BCUT2D eigenvalue weighted by molar-refractivity contribution is 8.13. The Morgan fingerprint density at radius 1 is 1.23 bits per heavy atom. The quantitative estimate of drug-likeness (QED) is 0.497. The molecule has 10 heteroatoms. The molecule has 3 rings (SSSR count). The molecule has 1 aliphatic heterocycles. The molecular formula is C20H25BrClN3O3S2. The van der Waals surface area contributed by atoms with Crippen LogP contribution >= 0.6 is 23.4 Å². The predicted octanol–water partition coefficient (Wildman–Crippen LogP) is -0.336. The van der Waals surface area contributed by atoms with Gasteiger partial charge in [-0.05, 0) is 36.4 Å². The maximum absolute atomic E-state index is 12.9. The van der Waals surface area contributed by atoms with Crippen molar-refractivity contribution in [2.75, 3.05) is 26.4 Å². The Balaban J connectivity index is 0.00000320. The third-order valence-electron chi connectivity index (χ3n) is 4.77. The standard InChI is InChI=1S/C20H25ClN3O3S2.BrH/c1-4-24-19(23(2)3)28-14-20(24,25)16-10-11-17(21)18(12-16)29(26,27)22-13-15-8-6-5-7-9-15;/h5-12,22,25H,4,13-14H2,1-3H3;1H/q+1;/p-1. The highest BCUT2D eigenvalue weighted by atomic mass is 79.9. The normalized spacial score (nSPS) is 19.0. The second-order valence-corrected chi connectivity index (χ2v) is 10.1. The second kappa shape index (κ2) is 10.0. The van der Waals surface area contributed by atoms with Gasteiger partial charge in [0.05, 0.1) is 31.4 Å². The molecule has 0 bridgehead atoms. The van der Waals surface area contributed by atoms with E-state index in [4.69, 9.17) is 11.6 Å². The maximum atomic E-state index is 12.9. The van der Waals surface area contributed by atoms with Crippen molar-refractivity contribution in [3.05, 3.63) is 64.7 Å². The number of sulfonamides is 1. The van der Waals surface area contributed by atoms with Gasteiger partial charge in [-0.1, -0.05) is 48.0 Å². The van der Waals surface area contributed by atoms with Gasteiger partial charge in [0.2, 0.25) is 15.7 Å². The summed E-state index contributed by atoms with van der Waals surface area (Å²) < 4.78 is 30.4. The van der Waals surface area contributed by atoms with Crippen molar-refractivity contribution >= 4 is 38.6 Å². The minimum Gasteiger partial charge on any atom is -1.00 e. The smallest absolute Gasteiger partial charge is 0.310 e. The van der Waals surface area contributed by atoms with Gasteiger partial charge in [0.25, 0.3) is 0 Å². The van der Waals surface area contributed by atoms with E-state index in [0.29, 0.717) is 17.9 Å².